The number of benzene rings is 2. The molecule has 90 valence electrons. The number of aryl methyl sites for hydroxylation is 1. The first-order valence-electron chi connectivity index (χ1n) is 4.71. The maximum atomic E-state index is 13.3. The van der Waals surface area contributed by atoms with Crippen molar-refractivity contribution in [2.45, 2.75) is 11.8 Å². The Morgan fingerprint density at radius 1 is 1.18 bits per heavy atom. The van der Waals surface area contributed by atoms with E-state index in [0.29, 0.717) is 16.3 Å². The van der Waals surface area contributed by atoms with Gasteiger partial charge in [-0.2, -0.15) is 0 Å². The van der Waals surface area contributed by atoms with Crippen molar-refractivity contribution >= 4 is 36.7 Å². The molecule has 6 heteroatoms. The van der Waals surface area contributed by atoms with Crippen molar-refractivity contribution < 1.29 is 12.8 Å². The van der Waals surface area contributed by atoms with Crippen LogP contribution in [0.5, 0.6) is 0 Å². The van der Waals surface area contributed by atoms with Gasteiger partial charge in [-0.25, -0.2) is 17.9 Å². The molecule has 0 amide bonds. The van der Waals surface area contributed by atoms with Crippen molar-refractivity contribution in [3.63, 3.8) is 0 Å². The van der Waals surface area contributed by atoms with Crippen molar-refractivity contribution in [1.82, 2.24) is 0 Å². The topological polar surface area (TPSA) is 60.2 Å². The largest absolute Gasteiger partial charge is 0.238 e. The van der Waals surface area contributed by atoms with Crippen LogP contribution in [0.4, 0.5) is 4.39 Å². The lowest BCUT2D eigenvalue weighted by Gasteiger charge is -2.07. The molecule has 3 nitrogen and oxygen atoms in total. The molecule has 2 N–H and O–H groups in total. The Hall–Kier alpha value is -0.980. The van der Waals surface area contributed by atoms with Crippen molar-refractivity contribution in [1.29, 1.82) is 0 Å². The number of fused-ring (bicyclic) bond motifs is 1. The van der Waals surface area contributed by atoms with Crippen molar-refractivity contribution in [3.05, 3.63) is 40.1 Å². The van der Waals surface area contributed by atoms with E-state index >= 15 is 0 Å². The minimum atomic E-state index is -3.76. The number of primary sulfonamides is 1. The van der Waals surface area contributed by atoms with Gasteiger partial charge in [-0.1, -0.05) is 0 Å². The summed E-state index contributed by atoms with van der Waals surface area (Å²) in [6, 6.07) is 5.92. The van der Waals surface area contributed by atoms with Gasteiger partial charge in [-0.15, -0.1) is 0 Å². The lowest BCUT2D eigenvalue weighted by atomic mass is 10.1. The standard InChI is InChI=1S/C11H9BrFNO2S/c1-6-2-7-4-10(13)9(12)3-8(7)5-11(6)17(14,15)16/h2-5H,1H3,(H2,14,15,16). The predicted octanol–water partition coefficient (Wildman–Crippen LogP) is 2.70. The summed E-state index contributed by atoms with van der Waals surface area (Å²) < 4.78 is 36.3. The molecule has 2 aromatic carbocycles. The second kappa shape index (κ2) is 4.04. The quantitative estimate of drug-likeness (QED) is 0.879. The molecule has 2 rings (SSSR count). The third-order valence-corrected chi connectivity index (χ3v) is 4.14. The average Bonchev–Trinajstić information content (AvgIpc) is 2.18. The Morgan fingerprint density at radius 2 is 1.76 bits per heavy atom. The molecule has 0 unspecified atom stereocenters. The number of hydrogen-bond acceptors (Lipinski definition) is 2. The van der Waals surface area contributed by atoms with Crippen LogP contribution >= 0.6 is 15.9 Å². The van der Waals surface area contributed by atoms with Crippen LogP contribution in [0.15, 0.2) is 33.6 Å². The molecule has 0 atom stereocenters. The van der Waals surface area contributed by atoms with Crippen molar-refractivity contribution in [2.75, 3.05) is 0 Å². The number of nitrogens with two attached hydrogens (primary N) is 1. The van der Waals surface area contributed by atoms with Gasteiger partial charge in [0.15, 0.2) is 0 Å². The van der Waals surface area contributed by atoms with Crippen LogP contribution < -0.4 is 5.14 Å². The molecule has 0 bridgehead atoms. The van der Waals surface area contributed by atoms with Gasteiger partial charge in [0.25, 0.3) is 0 Å². The summed E-state index contributed by atoms with van der Waals surface area (Å²) in [5.41, 5.74) is 0.502. The molecule has 0 aromatic heterocycles. The van der Waals surface area contributed by atoms with E-state index in [1.807, 2.05) is 0 Å². The van der Waals surface area contributed by atoms with E-state index in [2.05, 4.69) is 15.9 Å². The first kappa shape index (κ1) is 12.5. The van der Waals surface area contributed by atoms with Crippen molar-refractivity contribution in [2.24, 2.45) is 5.14 Å². The first-order valence-corrected chi connectivity index (χ1v) is 7.05. The summed E-state index contributed by atoms with van der Waals surface area (Å²) in [5.74, 6) is -0.389. The highest BCUT2D eigenvalue weighted by Crippen LogP contribution is 2.27. The third-order valence-electron chi connectivity index (χ3n) is 2.48. The van der Waals surface area contributed by atoms with Gasteiger partial charge < -0.3 is 0 Å². The van der Waals surface area contributed by atoms with Crippen LogP contribution in [0.2, 0.25) is 0 Å². The Balaban J connectivity index is 2.86. The second-order valence-corrected chi connectivity index (χ2v) is 6.16. The summed E-state index contributed by atoms with van der Waals surface area (Å²) in [7, 11) is -3.76. The lowest BCUT2D eigenvalue weighted by Crippen LogP contribution is -2.13. The van der Waals surface area contributed by atoms with E-state index < -0.39 is 10.0 Å². The Labute approximate surface area is 107 Å². The summed E-state index contributed by atoms with van der Waals surface area (Å²) in [5, 5.41) is 6.36. The van der Waals surface area contributed by atoms with Gasteiger partial charge in [0.2, 0.25) is 10.0 Å². The summed E-state index contributed by atoms with van der Waals surface area (Å²) in [6.07, 6.45) is 0. The zero-order valence-electron chi connectivity index (χ0n) is 8.87. The summed E-state index contributed by atoms with van der Waals surface area (Å²) >= 11 is 3.05. The van der Waals surface area contributed by atoms with Crippen LogP contribution in [0.25, 0.3) is 10.8 Å². The van der Waals surface area contributed by atoms with E-state index in [-0.39, 0.29) is 15.2 Å². The molecule has 0 spiro atoms. The normalized spacial score (nSPS) is 12.0. The zero-order valence-corrected chi connectivity index (χ0v) is 11.3. The third kappa shape index (κ3) is 2.34. The van der Waals surface area contributed by atoms with Crippen LogP contribution in [-0.4, -0.2) is 8.42 Å². The van der Waals surface area contributed by atoms with E-state index in [1.54, 1.807) is 13.0 Å². The highest BCUT2D eigenvalue weighted by molar-refractivity contribution is 9.10. The molecule has 17 heavy (non-hydrogen) atoms. The van der Waals surface area contributed by atoms with Gasteiger partial charge in [0.05, 0.1) is 9.37 Å². The maximum absolute atomic E-state index is 13.3. The molecule has 2 aromatic rings. The smallest absolute Gasteiger partial charge is 0.225 e. The van der Waals surface area contributed by atoms with Crippen LogP contribution in [-0.2, 0) is 10.0 Å². The van der Waals surface area contributed by atoms with Gasteiger partial charge in [0, 0.05) is 0 Å². The van der Waals surface area contributed by atoms with E-state index in [4.69, 9.17) is 5.14 Å². The highest BCUT2D eigenvalue weighted by atomic mass is 79.9. The van der Waals surface area contributed by atoms with Gasteiger partial charge in [0.1, 0.15) is 5.82 Å². The molecule has 0 aliphatic heterocycles. The minimum absolute atomic E-state index is 0.0588. The minimum Gasteiger partial charge on any atom is -0.225 e. The number of sulfonamides is 1. The van der Waals surface area contributed by atoms with Gasteiger partial charge >= 0.3 is 0 Å². The van der Waals surface area contributed by atoms with Gasteiger partial charge in [-0.3, -0.25) is 0 Å². The second-order valence-electron chi connectivity index (χ2n) is 3.78. The molecule has 0 fully saturated rings. The maximum Gasteiger partial charge on any atom is 0.238 e. The molecular weight excluding hydrogens is 309 g/mol. The zero-order chi connectivity index (χ0) is 12.8. The molecule has 0 saturated heterocycles. The first-order chi connectivity index (χ1) is 7.79. The van der Waals surface area contributed by atoms with Crippen LogP contribution in [0.1, 0.15) is 5.56 Å². The van der Waals surface area contributed by atoms with Crippen LogP contribution in [0.3, 0.4) is 0 Å². The fraction of sp³-hybridized carbons (Fsp3) is 0.0909. The molecular formula is C11H9BrFNO2S. The predicted molar refractivity (Wildman–Crippen MR) is 67.7 cm³/mol. The monoisotopic (exact) mass is 317 g/mol. The molecule has 0 aliphatic rings. The number of rotatable bonds is 1. The molecule has 0 aliphatic carbocycles. The molecule has 0 heterocycles. The van der Waals surface area contributed by atoms with E-state index in [0.717, 1.165) is 0 Å². The Kier molecular flexibility index (Phi) is 2.97. The van der Waals surface area contributed by atoms with E-state index in [9.17, 15) is 12.8 Å². The average molecular weight is 318 g/mol. The molecule has 0 saturated carbocycles. The SMILES string of the molecule is Cc1cc2cc(F)c(Br)cc2cc1S(N)(=O)=O. The lowest BCUT2D eigenvalue weighted by molar-refractivity contribution is 0.597. The van der Waals surface area contributed by atoms with E-state index in [1.165, 1.54) is 18.2 Å². The summed E-state index contributed by atoms with van der Waals surface area (Å²) in [4.78, 5) is 0.0588. The number of halogens is 2. The Morgan fingerprint density at radius 3 is 2.35 bits per heavy atom. The van der Waals surface area contributed by atoms with Gasteiger partial charge in [-0.05, 0) is 63.5 Å². The fourth-order valence-corrected chi connectivity index (χ4v) is 2.85. The number of hydrogen-bond donors (Lipinski definition) is 1. The van der Waals surface area contributed by atoms with Crippen molar-refractivity contribution in [3.8, 4) is 0 Å². The Bertz CT molecular complexity index is 713. The summed E-state index contributed by atoms with van der Waals surface area (Å²) in [6.45, 7) is 1.62. The van der Waals surface area contributed by atoms with Crippen LogP contribution in [0, 0.1) is 12.7 Å². The fourth-order valence-electron chi connectivity index (χ4n) is 1.69. The highest BCUT2D eigenvalue weighted by Gasteiger charge is 2.13. The molecule has 0 radical (unpaired) electrons.